The maximum atomic E-state index is 12.6. The zero-order chi connectivity index (χ0) is 26.1. The lowest BCUT2D eigenvalue weighted by Crippen LogP contribution is -2.15. The number of benzene rings is 2. The summed E-state index contributed by atoms with van der Waals surface area (Å²) < 4.78 is 43.0. The Labute approximate surface area is 207 Å². The molecule has 8 nitrogen and oxygen atoms in total. The van der Waals surface area contributed by atoms with Crippen LogP contribution in [0.3, 0.4) is 0 Å². The number of nitrogens with one attached hydrogen (secondary N) is 2. The maximum absolute atomic E-state index is 12.6. The number of hydrazone groups is 1. The number of amides is 1. The van der Waals surface area contributed by atoms with E-state index in [1.54, 1.807) is 6.21 Å². The van der Waals surface area contributed by atoms with Gasteiger partial charge in [0.15, 0.2) is 0 Å². The molecule has 0 saturated carbocycles. The first kappa shape index (κ1) is 26.5. The highest BCUT2D eigenvalue weighted by Gasteiger charge is 2.30. The number of hydrogen-bond acceptors (Lipinski definition) is 7. The highest BCUT2D eigenvalue weighted by atomic mass is 19.4. The Balaban J connectivity index is 1.51. The van der Waals surface area contributed by atoms with Crippen molar-refractivity contribution in [1.29, 1.82) is 0 Å². The van der Waals surface area contributed by atoms with Crippen LogP contribution in [-0.2, 0) is 17.3 Å². The van der Waals surface area contributed by atoms with Gasteiger partial charge >= 0.3 is 12.3 Å². The second kappa shape index (κ2) is 12.0. The van der Waals surface area contributed by atoms with Crippen molar-refractivity contribution in [2.24, 2.45) is 5.10 Å². The number of carbonyl (C=O) groups excluding carboxylic acids is 1. The van der Waals surface area contributed by atoms with Gasteiger partial charge in [-0.2, -0.15) is 23.3 Å². The van der Waals surface area contributed by atoms with Crippen LogP contribution in [0.5, 0.6) is 0 Å². The van der Waals surface area contributed by atoms with Gasteiger partial charge in [-0.1, -0.05) is 29.8 Å². The van der Waals surface area contributed by atoms with Gasteiger partial charge in [-0.25, -0.2) is 15.2 Å². The Bertz CT molecular complexity index is 1200. The third-order valence-electron chi connectivity index (χ3n) is 4.91. The average Bonchev–Trinajstić information content (AvgIpc) is 2.81. The molecule has 2 N–H and O–H groups in total. The lowest BCUT2D eigenvalue weighted by molar-refractivity contribution is -0.137. The Kier molecular flexibility index (Phi) is 8.82. The summed E-state index contributed by atoms with van der Waals surface area (Å²) in [4.78, 5) is 22.7. The minimum Gasteiger partial charge on any atom is -0.449 e. The molecule has 0 aliphatic carbocycles. The molecule has 1 heterocycles. The van der Waals surface area contributed by atoms with Gasteiger partial charge in [-0.05, 0) is 49.6 Å². The molecule has 0 bridgehead atoms. The summed E-state index contributed by atoms with van der Waals surface area (Å²) in [5.41, 5.74) is 5.07. The minimum atomic E-state index is -4.44. The molecule has 3 rings (SSSR count). The van der Waals surface area contributed by atoms with Crippen LogP contribution in [0.15, 0.2) is 59.7 Å². The number of nitrogens with zero attached hydrogens (tertiary/aromatic N) is 4. The van der Waals surface area contributed by atoms with Crippen molar-refractivity contribution >= 4 is 29.8 Å². The van der Waals surface area contributed by atoms with E-state index in [9.17, 15) is 18.0 Å². The number of aryl methyl sites for hydroxylation is 2. The van der Waals surface area contributed by atoms with E-state index in [-0.39, 0.29) is 12.3 Å². The fourth-order valence-electron chi connectivity index (χ4n) is 3.12. The number of halogens is 3. The maximum Gasteiger partial charge on any atom is 0.416 e. The molecule has 0 fully saturated rings. The molecule has 0 unspecified atom stereocenters. The Morgan fingerprint density at radius 3 is 2.53 bits per heavy atom. The Hall–Kier alpha value is -4.15. The summed E-state index contributed by atoms with van der Waals surface area (Å²) in [7, 11) is 3.72. The van der Waals surface area contributed by atoms with Crippen molar-refractivity contribution in [3.63, 3.8) is 0 Å². The summed E-state index contributed by atoms with van der Waals surface area (Å²) in [6.45, 7) is 2.10. The topological polar surface area (TPSA) is 91.7 Å². The minimum absolute atomic E-state index is 0.0992. The average molecular weight is 501 g/mol. The number of aromatic nitrogens is 2. The van der Waals surface area contributed by atoms with Gasteiger partial charge in [0.05, 0.1) is 18.4 Å². The van der Waals surface area contributed by atoms with Crippen molar-refractivity contribution in [3.8, 4) is 0 Å². The van der Waals surface area contributed by atoms with E-state index in [0.29, 0.717) is 24.6 Å². The Morgan fingerprint density at radius 1 is 1.11 bits per heavy atom. The standard InChI is InChI=1S/C25H27F3N6O2/c1-17-6-4-7-18(14-17)16-29-33-23-30-21(15-22(32-23)34(2)3)8-5-13-36-24(35)31-20-11-9-19(10-12-20)25(26,27)28/h4,6-7,9-12,14-16H,5,8,13H2,1-3H3,(H,31,35)(H,30,32,33)/b29-16+. The molecule has 11 heteroatoms. The molecule has 36 heavy (non-hydrogen) atoms. The third-order valence-corrected chi connectivity index (χ3v) is 4.91. The van der Waals surface area contributed by atoms with Crippen molar-refractivity contribution in [2.45, 2.75) is 25.9 Å². The van der Waals surface area contributed by atoms with Gasteiger partial charge in [0.2, 0.25) is 5.95 Å². The van der Waals surface area contributed by atoms with E-state index < -0.39 is 17.8 Å². The zero-order valence-electron chi connectivity index (χ0n) is 20.1. The summed E-state index contributed by atoms with van der Waals surface area (Å²) in [6.07, 6.45) is -2.51. The first-order valence-corrected chi connectivity index (χ1v) is 11.1. The molecule has 190 valence electrons. The fraction of sp³-hybridized carbons (Fsp3) is 0.280. The number of anilines is 3. The fourth-order valence-corrected chi connectivity index (χ4v) is 3.12. The zero-order valence-corrected chi connectivity index (χ0v) is 20.1. The van der Waals surface area contributed by atoms with E-state index in [1.165, 1.54) is 12.1 Å². The molecular weight excluding hydrogens is 473 g/mol. The van der Waals surface area contributed by atoms with Crippen LogP contribution in [0.4, 0.5) is 35.4 Å². The summed E-state index contributed by atoms with van der Waals surface area (Å²) in [6, 6.07) is 13.8. The van der Waals surface area contributed by atoms with Crippen molar-refractivity contribution < 1.29 is 22.7 Å². The quantitative estimate of drug-likeness (QED) is 0.229. The van der Waals surface area contributed by atoms with Crippen LogP contribution in [0.25, 0.3) is 0 Å². The normalized spacial score (nSPS) is 11.4. The van der Waals surface area contributed by atoms with E-state index in [0.717, 1.165) is 29.0 Å². The van der Waals surface area contributed by atoms with Crippen LogP contribution >= 0.6 is 0 Å². The van der Waals surface area contributed by atoms with Crippen LogP contribution in [-0.4, -0.2) is 43.0 Å². The molecule has 0 aliphatic rings. The van der Waals surface area contributed by atoms with E-state index in [2.05, 4.69) is 25.8 Å². The van der Waals surface area contributed by atoms with Crippen LogP contribution in [0, 0.1) is 6.92 Å². The van der Waals surface area contributed by atoms with Gasteiger partial charge in [-0.3, -0.25) is 5.32 Å². The smallest absolute Gasteiger partial charge is 0.416 e. The molecule has 1 amide bonds. The molecule has 0 atom stereocenters. The SMILES string of the molecule is Cc1cccc(/C=N/Nc2nc(CCCOC(=O)Nc3ccc(C(F)(F)F)cc3)cc(N(C)C)n2)c1. The number of ether oxygens (including phenoxy) is 1. The molecule has 0 spiro atoms. The molecule has 0 radical (unpaired) electrons. The van der Waals surface area contributed by atoms with Gasteiger partial charge in [-0.15, -0.1) is 0 Å². The highest BCUT2D eigenvalue weighted by molar-refractivity contribution is 5.84. The van der Waals surface area contributed by atoms with Crippen LogP contribution in [0.2, 0.25) is 0 Å². The van der Waals surface area contributed by atoms with E-state index >= 15 is 0 Å². The highest BCUT2D eigenvalue weighted by Crippen LogP contribution is 2.29. The first-order valence-electron chi connectivity index (χ1n) is 11.1. The first-order chi connectivity index (χ1) is 17.1. The van der Waals surface area contributed by atoms with Crippen molar-refractivity contribution in [2.75, 3.05) is 36.3 Å². The van der Waals surface area contributed by atoms with Crippen molar-refractivity contribution in [3.05, 3.63) is 77.0 Å². The lowest BCUT2D eigenvalue weighted by Gasteiger charge is -2.14. The molecule has 3 aromatic rings. The van der Waals surface area contributed by atoms with Crippen LogP contribution < -0.4 is 15.6 Å². The molecule has 2 aromatic carbocycles. The van der Waals surface area contributed by atoms with E-state index in [4.69, 9.17) is 4.74 Å². The number of carbonyl (C=O) groups is 1. The van der Waals surface area contributed by atoms with Gasteiger partial charge in [0, 0.05) is 31.5 Å². The second-order valence-corrected chi connectivity index (χ2v) is 8.16. The van der Waals surface area contributed by atoms with Crippen molar-refractivity contribution in [1.82, 2.24) is 9.97 Å². The molecule has 0 saturated heterocycles. The predicted octanol–water partition coefficient (Wildman–Crippen LogP) is 5.50. The van der Waals surface area contributed by atoms with Gasteiger partial charge in [0.1, 0.15) is 5.82 Å². The monoisotopic (exact) mass is 500 g/mol. The molecule has 1 aromatic heterocycles. The van der Waals surface area contributed by atoms with E-state index in [1.807, 2.05) is 56.3 Å². The number of hydrogen-bond donors (Lipinski definition) is 2. The summed E-state index contributed by atoms with van der Waals surface area (Å²) in [5.74, 6) is 1.02. The summed E-state index contributed by atoms with van der Waals surface area (Å²) in [5, 5.41) is 6.62. The third kappa shape index (κ3) is 8.26. The van der Waals surface area contributed by atoms with Gasteiger partial charge < -0.3 is 9.64 Å². The lowest BCUT2D eigenvalue weighted by atomic mass is 10.2. The second-order valence-electron chi connectivity index (χ2n) is 8.16. The number of alkyl halides is 3. The molecular formula is C25H27F3N6O2. The Morgan fingerprint density at radius 2 is 1.86 bits per heavy atom. The summed E-state index contributed by atoms with van der Waals surface area (Å²) >= 11 is 0. The largest absolute Gasteiger partial charge is 0.449 e. The number of rotatable bonds is 9. The predicted molar refractivity (Wildman–Crippen MR) is 133 cm³/mol. The molecule has 0 aliphatic heterocycles. The van der Waals surface area contributed by atoms with Crippen LogP contribution in [0.1, 0.15) is 28.8 Å². The van der Waals surface area contributed by atoms with Gasteiger partial charge in [0.25, 0.3) is 0 Å².